The van der Waals surface area contributed by atoms with Gasteiger partial charge in [-0.05, 0) is 24.8 Å². The second kappa shape index (κ2) is 4.99. The molecule has 0 saturated carbocycles. The van der Waals surface area contributed by atoms with E-state index in [-0.39, 0.29) is 0 Å². The van der Waals surface area contributed by atoms with Crippen LogP contribution < -0.4 is 0 Å². The molecule has 1 atom stereocenters. The summed E-state index contributed by atoms with van der Waals surface area (Å²) in [5.74, 6) is 0.663. The van der Waals surface area contributed by atoms with Gasteiger partial charge in [-0.25, -0.2) is 0 Å². The second-order valence-corrected chi connectivity index (χ2v) is 4.08. The number of hydrogen-bond acceptors (Lipinski definition) is 0. The highest BCUT2D eigenvalue weighted by molar-refractivity contribution is 5.23. The zero-order chi connectivity index (χ0) is 9.64. The first-order valence-corrected chi connectivity index (χ1v) is 5.68. The van der Waals surface area contributed by atoms with Crippen LogP contribution in [0.15, 0.2) is 42.5 Å². The van der Waals surface area contributed by atoms with E-state index in [1.54, 1.807) is 0 Å². The van der Waals surface area contributed by atoms with Crippen molar-refractivity contribution in [1.29, 1.82) is 0 Å². The molecule has 0 heterocycles. The molecular weight excluding hydrogens is 168 g/mol. The molecule has 0 saturated heterocycles. The Morgan fingerprint density at radius 2 is 1.79 bits per heavy atom. The summed E-state index contributed by atoms with van der Waals surface area (Å²) in [6, 6.07) is 10.9. The van der Waals surface area contributed by atoms with Crippen molar-refractivity contribution in [2.45, 2.75) is 38.0 Å². The van der Waals surface area contributed by atoms with E-state index in [4.69, 9.17) is 0 Å². The van der Waals surface area contributed by atoms with Gasteiger partial charge < -0.3 is 0 Å². The SMILES string of the molecule is C1=C\C(c2ccccc2)CCCCC/1. The van der Waals surface area contributed by atoms with E-state index >= 15 is 0 Å². The molecule has 1 unspecified atom stereocenters. The number of benzene rings is 1. The van der Waals surface area contributed by atoms with Gasteiger partial charge in [0.1, 0.15) is 0 Å². The first-order chi connectivity index (χ1) is 6.97. The zero-order valence-electron chi connectivity index (χ0n) is 8.65. The predicted molar refractivity (Wildman–Crippen MR) is 61.4 cm³/mol. The van der Waals surface area contributed by atoms with Gasteiger partial charge in [-0.2, -0.15) is 0 Å². The molecule has 1 aliphatic carbocycles. The average Bonchev–Trinajstić information content (AvgIpc) is 2.18. The van der Waals surface area contributed by atoms with Crippen LogP contribution in [0.2, 0.25) is 0 Å². The minimum absolute atomic E-state index is 0.663. The average molecular weight is 186 g/mol. The van der Waals surface area contributed by atoms with E-state index in [0.29, 0.717) is 5.92 Å². The third-order valence-electron chi connectivity index (χ3n) is 2.98. The van der Waals surface area contributed by atoms with Gasteiger partial charge >= 0.3 is 0 Å². The van der Waals surface area contributed by atoms with Gasteiger partial charge in [0.15, 0.2) is 0 Å². The molecule has 0 heteroatoms. The van der Waals surface area contributed by atoms with Crippen LogP contribution in [0, 0.1) is 0 Å². The second-order valence-electron chi connectivity index (χ2n) is 4.08. The van der Waals surface area contributed by atoms with E-state index in [2.05, 4.69) is 42.5 Å². The van der Waals surface area contributed by atoms with Crippen molar-refractivity contribution in [2.24, 2.45) is 0 Å². The van der Waals surface area contributed by atoms with Crippen LogP contribution in [0.1, 0.15) is 43.6 Å². The van der Waals surface area contributed by atoms with Crippen molar-refractivity contribution in [3.63, 3.8) is 0 Å². The van der Waals surface area contributed by atoms with Crippen molar-refractivity contribution < 1.29 is 0 Å². The van der Waals surface area contributed by atoms with Crippen molar-refractivity contribution in [1.82, 2.24) is 0 Å². The number of allylic oxidation sites excluding steroid dienone is 2. The quantitative estimate of drug-likeness (QED) is 0.574. The minimum atomic E-state index is 0.663. The summed E-state index contributed by atoms with van der Waals surface area (Å²) in [7, 11) is 0. The van der Waals surface area contributed by atoms with Crippen molar-refractivity contribution >= 4 is 0 Å². The van der Waals surface area contributed by atoms with E-state index in [1.807, 2.05) is 0 Å². The lowest BCUT2D eigenvalue weighted by Crippen LogP contribution is -1.97. The van der Waals surface area contributed by atoms with E-state index < -0.39 is 0 Å². The summed E-state index contributed by atoms with van der Waals surface area (Å²) in [6.07, 6.45) is 11.5. The van der Waals surface area contributed by atoms with Crippen LogP contribution in [0.4, 0.5) is 0 Å². The molecule has 2 rings (SSSR count). The van der Waals surface area contributed by atoms with Crippen LogP contribution in [0.5, 0.6) is 0 Å². The van der Waals surface area contributed by atoms with Gasteiger partial charge in [-0.1, -0.05) is 55.3 Å². The summed E-state index contributed by atoms with van der Waals surface area (Å²) in [4.78, 5) is 0. The molecule has 0 amide bonds. The van der Waals surface area contributed by atoms with Crippen LogP contribution in [0.25, 0.3) is 0 Å². The van der Waals surface area contributed by atoms with Gasteiger partial charge in [0.25, 0.3) is 0 Å². The molecule has 0 radical (unpaired) electrons. The highest BCUT2D eigenvalue weighted by Gasteiger charge is 2.08. The summed E-state index contributed by atoms with van der Waals surface area (Å²) < 4.78 is 0. The van der Waals surface area contributed by atoms with E-state index in [9.17, 15) is 0 Å². The maximum atomic E-state index is 2.40. The molecule has 74 valence electrons. The Bertz CT molecular complexity index is 284. The molecular formula is C14H18. The highest BCUT2D eigenvalue weighted by atomic mass is 14.1. The molecule has 0 N–H and O–H groups in total. The number of hydrogen-bond donors (Lipinski definition) is 0. The fourth-order valence-electron chi connectivity index (χ4n) is 2.14. The molecule has 0 bridgehead atoms. The fraction of sp³-hybridized carbons (Fsp3) is 0.429. The number of rotatable bonds is 1. The fourth-order valence-corrected chi connectivity index (χ4v) is 2.14. The van der Waals surface area contributed by atoms with Gasteiger partial charge in [0.2, 0.25) is 0 Å². The Labute approximate surface area is 86.7 Å². The standard InChI is InChI=1S/C14H18/c1-2-5-9-13(10-6-3-1)14-11-7-4-8-12-14/h4-5,7-9,11-13H,1-3,6,10H2/b9-5-. The zero-order valence-corrected chi connectivity index (χ0v) is 8.65. The van der Waals surface area contributed by atoms with Gasteiger partial charge in [0.05, 0.1) is 0 Å². The first-order valence-electron chi connectivity index (χ1n) is 5.68. The van der Waals surface area contributed by atoms with E-state index in [0.717, 1.165) is 0 Å². The summed E-state index contributed by atoms with van der Waals surface area (Å²) in [5.41, 5.74) is 1.48. The lowest BCUT2D eigenvalue weighted by Gasteiger charge is -2.15. The minimum Gasteiger partial charge on any atom is -0.0879 e. The molecule has 1 aliphatic rings. The first kappa shape index (κ1) is 9.51. The summed E-state index contributed by atoms with van der Waals surface area (Å²) >= 11 is 0. The lowest BCUT2D eigenvalue weighted by molar-refractivity contribution is 0.598. The molecule has 1 aromatic rings. The Morgan fingerprint density at radius 3 is 2.64 bits per heavy atom. The summed E-state index contributed by atoms with van der Waals surface area (Å²) in [6.45, 7) is 0. The lowest BCUT2D eigenvalue weighted by atomic mass is 9.90. The largest absolute Gasteiger partial charge is 0.0879 e. The van der Waals surface area contributed by atoms with Crippen LogP contribution in [-0.4, -0.2) is 0 Å². The van der Waals surface area contributed by atoms with Gasteiger partial charge in [-0.3, -0.25) is 0 Å². The molecule has 0 aromatic heterocycles. The molecule has 14 heavy (non-hydrogen) atoms. The molecule has 0 fully saturated rings. The van der Waals surface area contributed by atoms with Gasteiger partial charge in [-0.15, -0.1) is 0 Å². The molecule has 1 aromatic carbocycles. The Morgan fingerprint density at radius 1 is 0.929 bits per heavy atom. The smallest absolute Gasteiger partial charge is 0.00179 e. The van der Waals surface area contributed by atoms with Crippen molar-refractivity contribution in [2.75, 3.05) is 0 Å². The summed E-state index contributed by atoms with van der Waals surface area (Å²) in [5, 5.41) is 0. The normalized spacial score (nSPS) is 25.0. The topological polar surface area (TPSA) is 0 Å². The third kappa shape index (κ3) is 2.47. The Hall–Kier alpha value is -1.04. The van der Waals surface area contributed by atoms with Crippen molar-refractivity contribution in [3.05, 3.63) is 48.0 Å². The predicted octanol–water partition coefficient (Wildman–Crippen LogP) is 4.29. The van der Waals surface area contributed by atoms with E-state index in [1.165, 1.54) is 37.7 Å². The molecule has 0 nitrogen and oxygen atoms in total. The third-order valence-corrected chi connectivity index (χ3v) is 2.98. The van der Waals surface area contributed by atoms with Crippen molar-refractivity contribution in [3.8, 4) is 0 Å². The maximum absolute atomic E-state index is 2.40. The highest BCUT2D eigenvalue weighted by Crippen LogP contribution is 2.26. The van der Waals surface area contributed by atoms with Crippen LogP contribution in [0.3, 0.4) is 0 Å². The van der Waals surface area contributed by atoms with Crippen LogP contribution >= 0.6 is 0 Å². The molecule has 0 spiro atoms. The molecule has 0 aliphatic heterocycles. The van der Waals surface area contributed by atoms with Crippen LogP contribution in [-0.2, 0) is 0 Å². The van der Waals surface area contributed by atoms with Gasteiger partial charge in [0, 0.05) is 5.92 Å². The maximum Gasteiger partial charge on any atom is 0.00179 e. The monoisotopic (exact) mass is 186 g/mol. The Kier molecular flexibility index (Phi) is 3.39. The Balaban J connectivity index is 2.12.